The average molecular weight is 337 g/mol. The van der Waals surface area contributed by atoms with Crippen LogP contribution in [0.15, 0.2) is 0 Å². The summed E-state index contributed by atoms with van der Waals surface area (Å²) >= 11 is 0. The Balaban J connectivity index is 1.71. The van der Waals surface area contributed by atoms with E-state index in [-0.39, 0.29) is 29.1 Å². The van der Waals surface area contributed by atoms with Gasteiger partial charge in [0.1, 0.15) is 0 Å². The molecule has 0 aliphatic heterocycles. The highest BCUT2D eigenvalue weighted by Gasteiger charge is 2.63. The Kier molecular flexibility index (Phi) is 4.10. The third-order valence-electron chi connectivity index (χ3n) is 9.17. The summed E-state index contributed by atoms with van der Waals surface area (Å²) in [6, 6.07) is 0. The Hall–Kier alpha value is -0.120. The van der Waals surface area contributed by atoms with Crippen molar-refractivity contribution >= 4 is 0 Å². The number of aliphatic hydroxyl groups excluding tert-OH is 2. The van der Waals surface area contributed by atoms with Crippen LogP contribution in [0.3, 0.4) is 0 Å². The Bertz CT molecular complexity index is 493. The first kappa shape index (κ1) is 17.3. The van der Waals surface area contributed by atoms with Gasteiger partial charge in [-0.05, 0) is 85.4 Å². The fraction of sp³-hybridized carbons (Fsp3) is 1.00. The monoisotopic (exact) mass is 336 g/mol. The Morgan fingerprint density at radius 3 is 2.42 bits per heavy atom. The molecule has 0 aromatic carbocycles. The van der Waals surface area contributed by atoms with Gasteiger partial charge in [0.2, 0.25) is 0 Å². The summed E-state index contributed by atoms with van der Waals surface area (Å²) in [6.45, 7) is 7.04. The van der Waals surface area contributed by atoms with Crippen LogP contribution in [0.4, 0.5) is 0 Å². The van der Waals surface area contributed by atoms with Gasteiger partial charge in [-0.2, -0.15) is 0 Å². The van der Waals surface area contributed by atoms with Crippen molar-refractivity contribution in [3.05, 3.63) is 0 Å². The van der Waals surface area contributed by atoms with Gasteiger partial charge in [-0.15, -0.1) is 0 Å². The number of aliphatic hydroxyl groups is 2. The first-order chi connectivity index (χ1) is 11.3. The Morgan fingerprint density at radius 1 is 0.958 bits per heavy atom. The lowest BCUT2D eigenvalue weighted by Gasteiger charge is -2.63. The highest BCUT2D eigenvalue weighted by Crippen LogP contribution is 2.67. The van der Waals surface area contributed by atoms with E-state index in [0.29, 0.717) is 29.6 Å². The van der Waals surface area contributed by atoms with Gasteiger partial charge in [-0.3, -0.25) is 0 Å². The largest absolute Gasteiger partial charge is 0.393 e. The number of methoxy groups -OCH3 is 1. The van der Waals surface area contributed by atoms with E-state index in [9.17, 15) is 10.2 Å². The van der Waals surface area contributed by atoms with Crippen LogP contribution in [-0.4, -0.2) is 35.6 Å². The second kappa shape index (κ2) is 5.69. The van der Waals surface area contributed by atoms with Crippen molar-refractivity contribution in [1.82, 2.24) is 0 Å². The van der Waals surface area contributed by atoms with Gasteiger partial charge in [-0.1, -0.05) is 20.8 Å². The maximum atomic E-state index is 10.7. The molecule has 0 saturated heterocycles. The molecule has 24 heavy (non-hydrogen) atoms. The summed E-state index contributed by atoms with van der Waals surface area (Å²) in [5.74, 6) is 2.97. The highest BCUT2D eigenvalue weighted by molar-refractivity contribution is 5.12. The lowest BCUT2D eigenvalue weighted by Crippen LogP contribution is -2.60. The summed E-state index contributed by atoms with van der Waals surface area (Å²) in [6.07, 6.45) is 7.77. The van der Waals surface area contributed by atoms with Crippen molar-refractivity contribution in [2.24, 2.45) is 40.4 Å². The van der Waals surface area contributed by atoms with Crippen LogP contribution in [-0.2, 0) is 4.74 Å². The summed E-state index contributed by atoms with van der Waals surface area (Å²) in [5.41, 5.74) is 0.335. The molecule has 0 amide bonds. The molecule has 0 radical (unpaired) electrons. The number of hydrogen-bond acceptors (Lipinski definition) is 3. The predicted octanol–water partition coefficient (Wildman–Crippen LogP) is 3.62. The zero-order chi connectivity index (χ0) is 17.3. The van der Waals surface area contributed by atoms with Gasteiger partial charge in [0.05, 0.1) is 18.3 Å². The number of hydrogen-bond donors (Lipinski definition) is 2. The van der Waals surface area contributed by atoms with Crippen molar-refractivity contribution < 1.29 is 14.9 Å². The van der Waals surface area contributed by atoms with Crippen LogP contribution in [0.2, 0.25) is 0 Å². The number of fused-ring (bicyclic) bond motifs is 5. The molecule has 2 N–H and O–H groups in total. The van der Waals surface area contributed by atoms with E-state index in [1.807, 2.05) is 7.11 Å². The minimum Gasteiger partial charge on any atom is -0.393 e. The molecule has 0 spiro atoms. The van der Waals surface area contributed by atoms with E-state index in [1.165, 1.54) is 19.3 Å². The van der Waals surface area contributed by atoms with Crippen LogP contribution in [0.25, 0.3) is 0 Å². The van der Waals surface area contributed by atoms with Crippen LogP contribution in [0.5, 0.6) is 0 Å². The topological polar surface area (TPSA) is 49.7 Å². The minimum atomic E-state index is -0.154. The van der Waals surface area contributed by atoms with Gasteiger partial charge < -0.3 is 14.9 Å². The fourth-order valence-corrected chi connectivity index (χ4v) is 7.88. The van der Waals surface area contributed by atoms with Gasteiger partial charge >= 0.3 is 0 Å². The molecule has 4 fully saturated rings. The Morgan fingerprint density at radius 2 is 1.71 bits per heavy atom. The van der Waals surface area contributed by atoms with Crippen LogP contribution < -0.4 is 0 Å². The van der Waals surface area contributed by atoms with E-state index in [4.69, 9.17) is 4.74 Å². The lowest BCUT2D eigenvalue weighted by molar-refractivity contribution is -0.197. The standard InChI is InChI=1S/C21H36O3/c1-12-10-20(2)13(9-16(12)22)5-6-14-15-7-8-18(23)21(15,3)11-17(24-4)19(14)20/h12-19,22-23H,5-11H2,1-4H3/t12-,13+,14+,15+,16+,17+,18?,19-,20+,21+/m1/s1. The Labute approximate surface area is 147 Å². The SMILES string of the molecule is CO[C@H]1C[C@]2(C)C(O)CC[C@H]2[C@@H]2CC[C@H]3C[C@H](O)[C@H](C)C[C@]3(C)[C@H]21. The van der Waals surface area contributed by atoms with Crippen molar-refractivity contribution in [2.45, 2.75) is 84.0 Å². The first-order valence-electron chi connectivity index (χ1n) is 10.2. The molecule has 4 aliphatic carbocycles. The predicted molar refractivity (Wildman–Crippen MR) is 94.5 cm³/mol. The third-order valence-corrected chi connectivity index (χ3v) is 9.17. The van der Waals surface area contributed by atoms with Crippen LogP contribution >= 0.6 is 0 Å². The lowest BCUT2D eigenvalue weighted by atomic mass is 9.43. The van der Waals surface area contributed by atoms with E-state index in [2.05, 4.69) is 20.8 Å². The van der Waals surface area contributed by atoms with E-state index in [1.54, 1.807) is 0 Å². The molecule has 0 bridgehead atoms. The van der Waals surface area contributed by atoms with Crippen molar-refractivity contribution in [1.29, 1.82) is 0 Å². The molecule has 138 valence electrons. The summed E-state index contributed by atoms with van der Waals surface area (Å²) in [4.78, 5) is 0. The minimum absolute atomic E-state index is 0.0465. The molecule has 0 aromatic rings. The zero-order valence-corrected chi connectivity index (χ0v) is 15.9. The van der Waals surface area contributed by atoms with Gasteiger partial charge in [0, 0.05) is 7.11 Å². The highest BCUT2D eigenvalue weighted by atomic mass is 16.5. The molecule has 4 aliphatic rings. The van der Waals surface area contributed by atoms with E-state index < -0.39 is 0 Å². The maximum absolute atomic E-state index is 10.7. The molecular formula is C21H36O3. The second-order valence-electron chi connectivity index (χ2n) is 10.1. The normalized spacial score (nSPS) is 60.2. The van der Waals surface area contributed by atoms with Crippen molar-refractivity contribution in [3.8, 4) is 0 Å². The average Bonchev–Trinajstić information content (AvgIpc) is 2.83. The quantitative estimate of drug-likeness (QED) is 0.769. The summed E-state index contributed by atoms with van der Waals surface area (Å²) in [7, 11) is 1.88. The van der Waals surface area contributed by atoms with Crippen LogP contribution in [0.1, 0.15) is 65.7 Å². The van der Waals surface area contributed by atoms with Crippen molar-refractivity contribution in [3.63, 3.8) is 0 Å². The van der Waals surface area contributed by atoms with E-state index >= 15 is 0 Å². The van der Waals surface area contributed by atoms with Gasteiger partial charge in [0.25, 0.3) is 0 Å². The molecule has 1 unspecified atom stereocenters. The number of rotatable bonds is 1. The fourth-order valence-electron chi connectivity index (χ4n) is 7.88. The first-order valence-corrected chi connectivity index (χ1v) is 10.2. The molecule has 3 nitrogen and oxygen atoms in total. The second-order valence-corrected chi connectivity index (χ2v) is 10.1. The van der Waals surface area contributed by atoms with E-state index in [0.717, 1.165) is 25.7 Å². The molecule has 4 rings (SSSR count). The number of ether oxygens (including phenoxy) is 1. The maximum Gasteiger partial charge on any atom is 0.0613 e. The van der Waals surface area contributed by atoms with Crippen LogP contribution in [0, 0.1) is 40.4 Å². The summed E-state index contributed by atoms with van der Waals surface area (Å²) in [5, 5.41) is 21.1. The molecule has 10 atom stereocenters. The smallest absolute Gasteiger partial charge is 0.0613 e. The molecule has 0 heterocycles. The molecule has 0 aromatic heterocycles. The molecule has 4 saturated carbocycles. The van der Waals surface area contributed by atoms with Gasteiger partial charge in [-0.25, -0.2) is 0 Å². The summed E-state index contributed by atoms with van der Waals surface area (Å²) < 4.78 is 6.09. The third kappa shape index (κ3) is 2.20. The van der Waals surface area contributed by atoms with Crippen molar-refractivity contribution in [2.75, 3.05) is 7.11 Å². The zero-order valence-electron chi connectivity index (χ0n) is 15.9. The van der Waals surface area contributed by atoms with Gasteiger partial charge in [0.15, 0.2) is 0 Å². The molecular weight excluding hydrogens is 300 g/mol. The molecule has 3 heteroatoms.